The molecule has 4 nitrogen and oxygen atoms in total. The summed E-state index contributed by atoms with van der Waals surface area (Å²) in [6.07, 6.45) is 0.546. The molecule has 2 amide bonds. The SMILES string of the molecule is O=C(CN1C(=O)CSc2ccccc21)NCCc1cccc(F)c1. The first kappa shape index (κ1) is 16.5. The van der Waals surface area contributed by atoms with Gasteiger partial charge in [0.1, 0.15) is 12.4 Å². The van der Waals surface area contributed by atoms with E-state index in [1.807, 2.05) is 30.3 Å². The number of fused-ring (bicyclic) bond motifs is 1. The molecular formula is C18H17FN2O2S. The minimum Gasteiger partial charge on any atom is -0.354 e. The van der Waals surface area contributed by atoms with Crippen molar-refractivity contribution in [1.82, 2.24) is 5.32 Å². The molecule has 1 heterocycles. The van der Waals surface area contributed by atoms with Crippen LogP contribution in [0.3, 0.4) is 0 Å². The normalized spacial score (nSPS) is 13.5. The number of hydrogen-bond donors (Lipinski definition) is 1. The van der Waals surface area contributed by atoms with Crippen LogP contribution in [0.25, 0.3) is 0 Å². The maximum Gasteiger partial charge on any atom is 0.240 e. The van der Waals surface area contributed by atoms with Gasteiger partial charge in [-0.25, -0.2) is 4.39 Å². The molecule has 24 heavy (non-hydrogen) atoms. The van der Waals surface area contributed by atoms with Crippen LogP contribution in [0.2, 0.25) is 0 Å². The Morgan fingerprint density at radius 3 is 2.88 bits per heavy atom. The highest BCUT2D eigenvalue weighted by Crippen LogP contribution is 2.34. The van der Waals surface area contributed by atoms with Crippen molar-refractivity contribution in [2.24, 2.45) is 0 Å². The third-order valence-electron chi connectivity index (χ3n) is 3.73. The van der Waals surface area contributed by atoms with E-state index < -0.39 is 0 Å². The van der Waals surface area contributed by atoms with Gasteiger partial charge in [0.2, 0.25) is 11.8 Å². The molecule has 3 rings (SSSR count). The monoisotopic (exact) mass is 344 g/mol. The van der Waals surface area contributed by atoms with Crippen molar-refractivity contribution in [3.63, 3.8) is 0 Å². The van der Waals surface area contributed by atoms with Crippen LogP contribution in [0, 0.1) is 5.82 Å². The fourth-order valence-electron chi connectivity index (χ4n) is 2.57. The second-order valence-corrected chi connectivity index (χ2v) is 6.48. The molecule has 0 atom stereocenters. The van der Waals surface area contributed by atoms with E-state index in [0.29, 0.717) is 18.7 Å². The molecule has 0 radical (unpaired) electrons. The lowest BCUT2D eigenvalue weighted by atomic mass is 10.1. The summed E-state index contributed by atoms with van der Waals surface area (Å²) < 4.78 is 13.1. The molecule has 0 aliphatic carbocycles. The number of rotatable bonds is 5. The predicted molar refractivity (Wildman–Crippen MR) is 92.6 cm³/mol. The smallest absolute Gasteiger partial charge is 0.240 e. The second kappa shape index (κ2) is 7.49. The van der Waals surface area contributed by atoms with Crippen LogP contribution in [0.1, 0.15) is 5.56 Å². The predicted octanol–water partition coefficient (Wildman–Crippen LogP) is 2.62. The Hall–Kier alpha value is -2.34. The molecule has 1 aliphatic heterocycles. The average molecular weight is 344 g/mol. The van der Waals surface area contributed by atoms with Crippen LogP contribution in [-0.4, -0.2) is 30.7 Å². The van der Waals surface area contributed by atoms with Crippen LogP contribution < -0.4 is 10.2 Å². The van der Waals surface area contributed by atoms with Crippen molar-refractivity contribution in [3.8, 4) is 0 Å². The van der Waals surface area contributed by atoms with Crippen molar-refractivity contribution in [2.45, 2.75) is 11.3 Å². The molecule has 0 bridgehead atoms. The number of amides is 2. The summed E-state index contributed by atoms with van der Waals surface area (Å²) >= 11 is 1.49. The summed E-state index contributed by atoms with van der Waals surface area (Å²) in [5.74, 6) is -0.236. The summed E-state index contributed by atoms with van der Waals surface area (Å²) in [5.41, 5.74) is 1.60. The first-order valence-corrected chi connectivity index (χ1v) is 8.65. The zero-order valence-electron chi connectivity index (χ0n) is 13.0. The van der Waals surface area contributed by atoms with E-state index >= 15 is 0 Å². The number of nitrogens with zero attached hydrogens (tertiary/aromatic N) is 1. The summed E-state index contributed by atoms with van der Waals surface area (Å²) in [7, 11) is 0. The molecule has 1 aliphatic rings. The molecular weight excluding hydrogens is 327 g/mol. The maximum absolute atomic E-state index is 13.1. The van der Waals surface area contributed by atoms with Crippen molar-refractivity contribution in [3.05, 3.63) is 59.9 Å². The Bertz CT molecular complexity index is 766. The molecule has 0 spiro atoms. The summed E-state index contributed by atoms with van der Waals surface area (Å²) in [4.78, 5) is 26.8. The molecule has 0 unspecified atom stereocenters. The van der Waals surface area contributed by atoms with Crippen molar-refractivity contribution < 1.29 is 14.0 Å². The Labute approximate surface area is 144 Å². The van der Waals surface area contributed by atoms with E-state index in [1.165, 1.54) is 28.8 Å². The Kier molecular flexibility index (Phi) is 5.15. The van der Waals surface area contributed by atoms with E-state index in [2.05, 4.69) is 5.32 Å². The zero-order valence-corrected chi connectivity index (χ0v) is 13.8. The molecule has 2 aromatic carbocycles. The number of hydrogen-bond acceptors (Lipinski definition) is 3. The van der Waals surface area contributed by atoms with Gasteiger partial charge >= 0.3 is 0 Å². The zero-order chi connectivity index (χ0) is 16.9. The lowest BCUT2D eigenvalue weighted by Gasteiger charge is -2.28. The van der Waals surface area contributed by atoms with Gasteiger partial charge < -0.3 is 10.2 Å². The first-order valence-electron chi connectivity index (χ1n) is 7.67. The van der Waals surface area contributed by atoms with Gasteiger partial charge in [-0.15, -0.1) is 11.8 Å². The first-order chi connectivity index (χ1) is 11.6. The highest BCUT2D eigenvalue weighted by Gasteiger charge is 2.25. The Balaban J connectivity index is 1.56. The molecule has 0 saturated carbocycles. The molecule has 0 fully saturated rings. The maximum atomic E-state index is 13.1. The Morgan fingerprint density at radius 1 is 1.21 bits per heavy atom. The topological polar surface area (TPSA) is 49.4 Å². The number of carbonyl (C=O) groups is 2. The molecule has 124 valence electrons. The van der Waals surface area contributed by atoms with Gasteiger partial charge in [-0.2, -0.15) is 0 Å². The van der Waals surface area contributed by atoms with Crippen molar-refractivity contribution in [2.75, 3.05) is 23.7 Å². The van der Waals surface area contributed by atoms with Crippen LogP contribution >= 0.6 is 11.8 Å². The number of benzene rings is 2. The highest BCUT2D eigenvalue weighted by molar-refractivity contribution is 8.00. The second-order valence-electron chi connectivity index (χ2n) is 5.47. The van der Waals surface area contributed by atoms with Gasteiger partial charge in [0.05, 0.1) is 11.4 Å². The third kappa shape index (κ3) is 3.94. The molecule has 6 heteroatoms. The molecule has 0 aromatic heterocycles. The summed E-state index contributed by atoms with van der Waals surface area (Å²) in [6, 6.07) is 13.9. The standard InChI is InChI=1S/C18H17FN2O2S/c19-14-5-3-4-13(10-14)8-9-20-17(22)11-21-15-6-1-2-7-16(15)24-12-18(21)23/h1-7,10H,8-9,11-12H2,(H,20,22). The quantitative estimate of drug-likeness (QED) is 0.907. The van der Waals surface area contributed by atoms with Crippen LogP contribution in [0.4, 0.5) is 10.1 Å². The number of halogens is 1. The van der Waals surface area contributed by atoms with Gasteiger partial charge in [0.15, 0.2) is 0 Å². The Morgan fingerprint density at radius 2 is 2.04 bits per heavy atom. The van der Waals surface area contributed by atoms with E-state index in [-0.39, 0.29) is 24.2 Å². The molecule has 0 saturated heterocycles. The van der Waals surface area contributed by atoms with Gasteiger partial charge in [0.25, 0.3) is 0 Å². The third-order valence-corrected chi connectivity index (χ3v) is 4.78. The minimum atomic E-state index is -0.285. The molecule has 1 N–H and O–H groups in total. The van der Waals surface area contributed by atoms with Crippen LogP contribution in [0.5, 0.6) is 0 Å². The van der Waals surface area contributed by atoms with Gasteiger partial charge in [-0.3, -0.25) is 9.59 Å². The van der Waals surface area contributed by atoms with Crippen LogP contribution in [-0.2, 0) is 16.0 Å². The van der Waals surface area contributed by atoms with Crippen molar-refractivity contribution >= 4 is 29.3 Å². The van der Waals surface area contributed by atoms with E-state index in [1.54, 1.807) is 6.07 Å². The summed E-state index contributed by atoms with van der Waals surface area (Å²) in [6.45, 7) is 0.403. The van der Waals surface area contributed by atoms with Gasteiger partial charge in [0, 0.05) is 11.4 Å². The highest BCUT2D eigenvalue weighted by atomic mass is 32.2. The number of carbonyl (C=O) groups excluding carboxylic acids is 2. The fraction of sp³-hybridized carbons (Fsp3) is 0.222. The van der Waals surface area contributed by atoms with E-state index in [9.17, 15) is 14.0 Å². The van der Waals surface area contributed by atoms with E-state index in [4.69, 9.17) is 0 Å². The van der Waals surface area contributed by atoms with Crippen LogP contribution in [0.15, 0.2) is 53.4 Å². The largest absolute Gasteiger partial charge is 0.354 e. The number of nitrogens with one attached hydrogen (secondary N) is 1. The summed E-state index contributed by atoms with van der Waals surface area (Å²) in [5, 5.41) is 2.79. The number of para-hydroxylation sites is 1. The van der Waals surface area contributed by atoms with Gasteiger partial charge in [-0.05, 0) is 36.2 Å². The fourth-order valence-corrected chi connectivity index (χ4v) is 3.50. The van der Waals surface area contributed by atoms with E-state index in [0.717, 1.165) is 16.1 Å². The molecule has 2 aromatic rings. The lowest BCUT2D eigenvalue weighted by molar-refractivity contribution is -0.122. The number of thioether (sulfide) groups is 1. The number of anilines is 1. The van der Waals surface area contributed by atoms with Crippen molar-refractivity contribution in [1.29, 1.82) is 0 Å². The van der Waals surface area contributed by atoms with Gasteiger partial charge in [-0.1, -0.05) is 24.3 Å². The average Bonchev–Trinajstić information content (AvgIpc) is 2.58. The minimum absolute atomic E-state index is 0.000439. The lowest BCUT2D eigenvalue weighted by Crippen LogP contribution is -2.43.